The third-order valence-corrected chi connectivity index (χ3v) is 10.4. The number of amides is 1. The molecule has 0 bridgehead atoms. The zero-order valence-electron chi connectivity index (χ0n) is 17.9. The summed E-state index contributed by atoms with van der Waals surface area (Å²) in [5.74, 6) is 0. The van der Waals surface area contributed by atoms with Gasteiger partial charge in [-0.2, -0.15) is 5.26 Å². The number of nitriles is 1. The van der Waals surface area contributed by atoms with Crippen LogP contribution < -0.4 is 0 Å². The summed E-state index contributed by atoms with van der Waals surface area (Å²) in [6, 6.07) is 12.0. The summed E-state index contributed by atoms with van der Waals surface area (Å²) in [7, 11) is -1.90. The third kappa shape index (κ3) is 6.08. The van der Waals surface area contributed by atoms with Crippen molar-refractivity contribution in [2.24, 2.45) is 0 Å². The molecule has 1 aliphatic rings. The summed E-state index contributed by atoms with van der Waals surface area (Å²) in [5, 5.41) is 8.98. The molecule has 0 unspecified atom stereocenters. The number of carbonyl (C=O) groups is 1. The van der Waals surface area contributed by atoms with Gasteiger partial charge in [-0.1, -0.05) is 51.1 Å². The van der Waals surface area contributed by atoms with Crippen LogP contribution >= 0.6 is 0 Å². The van der Waals surface area contributed by atoms with Crippen LogP contribution in [0.3, 0.4) is 0 Å². The number of carbonyl (C=O) groups excluding carboxylic acids is 1. The number of rotatable bonds is 7. The Labute approximate surface area is 170 Å². The molecule has 1 heterocycles. The van der Waals surface area contributed by atoms with Gasteiger partial charge in [0.1, 0.15) is 6.61 Å². The molecule has 28 heavy (non-hydrogen) atoms. The zero-order chi connectivity index (χ0) is 20.8. The smallest absolute Gasteiger partial charge is 0.410 e. The van der Waals surface area contributed by atoms with E-state index >= 15 is 0 Å². The lowest BCUT2D eigenvalue weighted by molar-refractivity contribution is 0.0870. The quantitative estimate of drug-likeness (QED) is 0.447. The topological polar surface area (TPSA) is 62.6 Å². The Morgan fingerprint density at radius 2 is 1.96 bits per heavy atom. The summed E-state index contributed by atoms with van der Waals surface area (Å²) in [6.07, 6.45) is 2.68. The molecule has 2 atom stereocenters. The van der Waals surface area contributed by atoms with Gasteiger partial charge in [0.05, 0.1) is 12.2 Å². The number of benzene rings is 1. The van der Waals surface area contributed by atoms with Gasteiger partial charge in [-0.05, 0) is 43.0 Å². The van der Waals surface area contributed by atoms with Crippen LogP contribution in [0.15, 0.2) is 30.3 Å². The monoisotopic (exact) mass is 402 g/mol. The average molecular weight is 403 g/mol. The fraction of sp³-hybridized carbons (Fsp3) is 0.636. The van der Waals surface area contributed by atoms with Crippen LogP contribution in [0.5, 0.6) is 0 Å². The lowest BCUT2D eigenvalue weighted by atomic mass is 10.1. The maximum atomic E-state index is 12.8. The molecule has 0 aliphatic carbocycles. The van der Waals surface area contributed by atoms with Gasteiger partial charge in [-0.25, -0.2) is 4.79 Å². The van der Waals surface area contributed by atoms with E-state index in [1.807, 2.05) is 35.2 Å². The first-order chi connectivity index (χ1) is 13.1. The summed E-state index contributed by atoms with van der Waals surface area (Å²) < 4.78 is 12.1. The molecule has 1 aromatic rings. The standard InChI is InChI=1S/C22H34N2O3Si/c1-22(2,3)28(4,5)27-20-15-19(13-9-10-14-23)24(16-20)21(25)26-17-18-11-7-6-8-12-18/h6-8,11-12,19-20H,9-10,13,15-17H2,1-5H3/t19-,20-/m1/s1. The molecule has 6 heteroatoms. The lowest BCUT2D eigenvalue weighted by Crippen LogP contribution is -2.44. The molecule has 0 N–H and O–H groups in total. The molecule has 2 rings (SSSR count). The van der Waals surface area contributed by atoms with E-state index in [9.17, 15) is 4.79 Å². The first kappa shape index (κ1) is 22.4. The highest BCUT2D eigenvalue weighted by atomic mass is 28.4. The molecule has 154 valence electrons. The van der Waals surface area contributed by atoms with Crippen LogP contribution in [0.2, 0.25) is 18.1 Å². The Morgan fingerprint density at radius 1 is 1.29 bits per heavy atom. The van der Waals surface area contributed by atoms with Crippen molar-refractivity contribution in [2.45, 2.75) is 83.3 Å². The maximum Gasteiger partial charge on any atom is 0.410 e. The second kappa shape index (κ2) is 9.57. The van der Waals surface area contributed by atoms with E-state index in [0.717, 1.165) is 24.8 Å². The highest BCUT2D eigenvalue weighted by molar-refractivity contribution is 6.74. The van der Waals surface area contributed by atoms with Gasteiger partial charge in [0, 0.05) is 19.0 Å². The van der Waals surface area contributed by atoms with Crippen LogP contribution in [-0.4, -0.2) is 38.0 Å². The Hall–Kier alpha value is -1.84. The minimum Gasteiger partial charge on any atom is -0.445 e. The van der Waals surface area contributed by atoms with Gasteiger partial charge in [0.2, 0.25) is 0 Å². The van der Waals surface area contributed by atoms with Crippen LogP contribution in [-0.2, 0) is 15.8 Å². The molecule has 1 amide bonds. The van der Waals surface area contributed by atoms with Crippen molar-refractivity contribution in [1.82, 2.24) is 4.90 Å². The normalized spacial score (nSPS) is 20.1. The number of hydrogen-bond acceptors (Lipinski definition) is 4. The lowest BCUT2D eigenvalue weighted by Gasteiger charge is -2.38. The number of likely N-dealkylation sites (tertiary alicyclic amines) is 1. The van der Waals surface area contributed by atoms with E-state index in [0.29, 0.717) is 13.0 Å². The Bertz CT molecular complexity index is 679. The van der Waals surface area contributed by atoms with Gasteiger partial charge < -0.3 is 14.1 Å². The Balaban J connectivity index is 2.01. The van der Waals surface area contributed by atoms with Gasteiger partial charge in [-0.3, -0.25) is 0 Å². The van der Waals surface area contributed by atoms with Crippen LogP contribution in [0, 0.1) is 11.3 Å². The SMILES string of the molecule is CC(C)(C)[Si](C)(C)O[C@@H]1C[C@@H](CCCC#N)N(C(=O)OCc2ccccc2)C1. The van der Waals surface area contributed by atoms with Crippen molar-refractivity contribution in [3.05, 3.63) is 35.9 Å². The average Bonchev–Trinajstić information content (AvgIpc) is 3.02. The van der Waals surface area contributed by atoms with Crippen molar-refractivity contribution < 1.29 is 14.0 Å². The van der Waals surface area contributed by atoms with Crippen LogP contribution in [0.1, 0.15) is 52.0 Å². The molecule has 1 fully saturated rings. The van der Waals surface area contributed by atoms with Crippen molar-refractivity contribution in [3.8, 4) is 6.07 Å². The van der Waals surface area contributed by atoms with E-state index in [-0.39, 0.29) is 29.9 Å². The highest BCUT2D eigenvalue weighted by Crippen LogP contribution is 2.39. The predicted octanol–water partition coefficient (Wildman–Crippen LogP) is 5.48. The van der Waals surface area contributed by atoms with Gasteiger partial charge in [0.15, 0.2) is 8.32 Å². The largest absolute Gasteiger partial charge is 0.445 e. The minimum absolute atomic E-state index is 0.0391. The summed E-state index contributed by atoms with van der Waals surface area (Å²) >= 11 is 0. The number of ether oxygens (including phenoxy) is 1. The third-order valence-electron chi connectivity index (χ3n) is 5.91. The van der Waals surface area contributed by atoms with E-state index in [2.05, 4.69) is 39.9 Å². The van der Waals surface area contributed by atoms with Crippen LogP contribution in [0.4, 0.5) is 4.79 Å². The van der Waals surface area contributed by atoms with Gasteiger partial charge in [-0.15, -0.1) is 0 Å². The second-order valence-electron chi connectivity index (χ2n) is 9.13. The number of unbranched alkanes of at least 4 members (excludes halogenated alkanes) is 1. The zero-order valence-corrected chi connectivity index (χ0v) is 18.9. The first-order valence-corrected chi connectivity index (χ1v) is 13.1. The molecule has 1 saturated heterocycles. The van der Waals surface area contributed by atoms with Gasteiger partial charge in [0.25, 0.3) is 0 Å². The predicted molar refractivity (Wildman–Crippen MR) is 113 cm³/mol. The van der Waals surface area contributed by atoms with Crippen molar-refractivity contribution in [2.75, 3.05) is 6.54 Å². The minimum atomic E-state index is -1.90. The number of hydrogen-bond donors (Lipinski definition) is 0. The van der Waals surface area contributed by atoms with E-state index in [1.54, 1.807) is 0 Å². The fourth-order valence-electron chi connectivity index (χ4n) is 3.27. The summed E-state index contributed by atoms with van der Waals surface area (Å²) in [5.41, 5.74) is 0.977. The van der Waals surface area contributed by atoms with Gasteiger partial charge >= 0.3 is 6.09 Å². The maximum absolute atomic E-state index is 12.8. The molecule has 5 nitrogen and oxygen atoms in total. The Morgan fingerprint density at radius 3 is 2.57 bits per heavy atom. The molecule has 0 radical (unpaired) electrons. The molecule has 0 saturated carbocycles. The molecule has 0 spiro atoms. The molecular weight excluding hydrogens is 368 g/mol. The Kier molecular flexibility index (Phi) is 7.68. The van der Waals surface area contributed by atoms with E-state index < -0.39 is 8.32 Å². The highest BCUT2D eigenvalue weighted by Gasteiger charge is 2.43. The summed E-state index contributed by atoms with van der Waals surface area (Å²) in [4.78, 5) is 14.6. The molecule has 1 aliphatic heterocycles. The molecule has 1 aromatic carbocycles. The van der Waals surface area contributed by atoms with Crippen molar-refractivity contribution >= 4 is 14.4 Å². The van der Waals surface area contributed by atoms with E-state index in [4.69, 9.17) is 14.4 Å². The first-order valence-electron chi connectivity index (χ1n) is 10.2. The number of nitrogens with zero attached hydrogens (tertiary/aromatic N) is 2. The molecular formula is C22H34N2O3Si. The molecule has 0 aromatic heterocycles. The second-order valence-corrected chi connectivity index (χ2v) is 13.9. The summed E-state index contributed by atoms with van der Waals surface area (Å²) in [6.45, 7) is 12.0. The fourth-order valence-corrected chi connectivity index (χ4v) is 4.63. The van der Waals surface area contributed by atoms with Crippen LogP contribution in [0.25, 0.3) is 0 Å². The van der Waals surface area contributed by atoms with Crippen molar-refractivity contribution in [1.29, 1.82) is 5.26 Å². The van der Waals surface area contributed by atoms with E-state index in [1.165, 1.54) is 0 Å². The van der Waals surface area contributed by atoms with Crippen molar-refractivity contribution in [3.63, 3.8) is 0 Å².